The van der Waals surface area contributed by atoms with Crippen LogP contribution >= 0.6 is 0 Å². The van der Waals surface area contributed by atoms with Crippen molar-refractivity contribution in [1.82, 2.24) is 0 Å². The van der Waals surface area contributed by atoms with Gasteiger partial charge < -0.3 is 5.11 Å². The van der Waals surface area contributed by atoms with Crippen LogP contribution in [0.3, 0.4) is 0 Å². The molecule has 3 rings (SSSR count). The lowest BCUT2D eigenvalue weighted by Gasteiger charge is -2.51. The van der Waals surface area contributed by atoms with Gasteiger partial charge in [0, 0.05) is 12.8 Å². The standard InChI is InChI=1S/C19H26O2/c1-3-4-5-14-11-16(21)12-18-17-7-6-15(20)10-13(17)8-9-19(14,18)2/h6-7,10,14,18,20H,3-5,8-9,11-12H2,1-2H3. The Morgan fingerprint density at radius 3 is 2.90 bits per heavy atom. The summed E-state index contributed by atoms with van der Waals surface area (Å²) < 4.78 is 0. The molecule has 21 heavy (non-hydrogen) atoms. The molecule has 2 aliphatic rings. The number of phenolic OH excluding ortho intramolecular Hbond substituents is 1. The number of unbranched alkanes of at least 4 members (excludes halogenated alkanes) is 1. The molecule has 1 N–H and O–H groups in total. The van der Waals surface area contributed by atoms with Gasteiger partial charge in [0.25, 0.3) is 0 Å². The number of ketones is 1. The monoisotopic (exact) mass is 286 g/mol. The number of fused-ring (bicyclic) bond motifs is 3. The number of rotatable bonds is 3. The summed E-state index contributed by atoms with van der Waals surface area (Å²) in [7, 11) is 0. The third-order valence-electron chi connectivity index (χ3n) is 5.98. The summed E-state index contributed by atoms with van der Waals surface area (Å²) in [5, 5.41) is 9.70. The first kappa shape index (κ1) is 14.6. The second kappa shape index (κ2) is 5.47. The van der Waals surface area contributed by atoms with Crippen molar-refractivity contribution in [2.45, 2.75) is 64.7 Å². The molecule has 0 saturated heterocycles. The van der Waals surface area contributed by atoms with Gasteiger partial charge in [-0.2, -0.15) is 0 Å². The van der Waals surface area contributed by atoms with Crippen molar-refractivity contribution in [3.63, 3.8) is 0 Å². The van der Waals surface area contributed by atoms with Gasteiger partial charge in [-0.25, -0.2) is 0 Å². The van der Waals surface area contributed by atoms with Crippen molar-refractivity contribution < 1.29 is 9.90 Å². The molecule has 3 atom stereocenters. The summed E-state index contributed by atoms with van der Waals surface area (Å²) in [5.74, 6) is 1.66. The van der Waals surface area contributed by atoms with Crippen molar-refractivity contribution in [1.29, 1.82) is 0 Å². The molecule has 2 heteroatoms. The lowest BCUT2D eigenvalue weighted by molar-refractivity contribution is -0.126. The Kier molecular flexibility index (Phi) is 3.81. The maximum absolute atomic E-state index is 12.3. The molecule has 0 heterocycles. The van der Waals surface area contributed by atoms with Crippen LogP contribution in [0.4, 0.5) is 0 Å². The van der Waals surface area contributed by atoms with Gasteiger partial charge in [0.05, 0.1) is 0 Å². The number of aryl methyl sites for hydroxylation is 1. The van der Waals surface area contributed by atoms with E-state index in [0.29, 0.717) is 29.8 Å². The fourth-order valence-electron chi connectivity index (χ4n) is 4.62. The zero-order valence-electron chi connectivity index (χ0n) is 13.2. The fraction of sp³-hybridized carbons (Fsp3) is 0.632. The molecule has 1 aromatic carbocycles. The molecular weight excluding hydrogens is 260 g/mol. The topological polar surface area (TPSA) is 37.3 Å². The average molecular weight is 286 g/mol. The second-order valence-electron chi connectivity index (χ2n) is 7.23. The van der Waals surface area contributed by atoms with Gasteiger partial charge in [0.1, 0.15) is 11.5 Å². The van der Waals surface area contributed by atoms with Crippen LogP contribution in [-0.4, -0.2) is 10.9 Å². The number of benzene rings is 1. The van der Waals surface area contributed by atoms with E-state index in [0.717, 1.165) is 19.3 Å². The van der Waals surface area contributed by atoms with Crippen LogP contribution in [0.15, 0.2) is 18.2 Å². The minimum atomic E-state index is 0.257. The molecule has 1 saturated carbocycles. The molecule has 0 aliphatic heterocycles. The number of carbonyl (C=O) groups excluding carboxylic acids is 1. The van der Waals surface area contributed by atoms with E-state index in [1.165, 1.54) is 30.4 Å². The third-order valence-corrected chi connectivity index (χ3v) is 5.98. The molecule has 3 unspecified atom stereocenters. The molecule has 2 aliphatic carbocycles. The van der Waals surface area contributed by atoms with Crippen LogP contribution in [0.1, 0.15) is 69.4 Å². The molecule has 0 spiro atoms. The average Bonchev–Trinajstić information content (AvgIpc) is 2.46. The summed E-state index contributed by atoms with van der Waals surface area (Å²) in [6.45, 7) is 4.63. The van der Waals surface area contributed by atoms with E-state index in [2.05, 4.69) is 19.9 Å². The summed E-state index contributed by atoms with van der Waals surface area (Å²) >= 11 is 0. The zero-order valence-corrected chi connectivity index (χ0v) is 13.2. The summed E-state index contributed by atoms with van der Waals surface area (Å²) in [5.41, 5.74) is 2.82. The third kappa shape index (κ3) is 2.49. The van der Waals surface area contributed by atoms with E-state index in [1.54, 1.807) is 6.07 Å². The molecular formula is C19H26O2. The molecule has 2 nitrogen and oxygen atoms in total. The lowest BCUT2D eigenvalue weighted by atomic mass is 9.53. The van der Waals surface area contributed by atoms with E-state index < -0.39 is 0 Å². The number of Topliss-reactive ketones (excluding diaryl/α,β-unsaturated/α-hetero) is 1. The van der Waals surface area contributed by atoms with Crippen LogP contribution < -0.4 is 0 Å². The Balaban J connectivity index is 1.96. The molecule has 1 aromatic rings. The van der Waals surface area contributed by atoms with Crippen molar-refractivity contribution in [3.8, 4) is 5.75 Å². The Bertz CT molecular complexity index is 548. The highest BCUT2D eigenvalue weighted by atomic mass is 16.3. The minimum absolute atomic E-state index is 0.257. The highest BCUT2D eigenvalue weighted by Gasteiger charge is 2.48. The Morgan fingerprint density at radius 1 is 1.33 bits per heavy atom. The first-order chi connectivity index (χ1) is 10.0. The van der Waals surface area contributed by atoms with E-state index in [-0.39, 0.29) is 5.41 Å². The van der Waals surface area contributed by atoms with E-state index in [1.807, 2.05) is 6.07 Å². The van der Waals surface area contributed by atoms with E-state index in [9.17, 15) is 9.90 Å². The van der Waals surface area contributed by atoms with Crippen LogP contribution in [0.5, 0.6) is 5.75 Å². The van der Waals surface area contributed by atoms with Gasteiger partial charge in [-0.05, 0) is 59.8 Å². The van der Waals surface area contributed by atoms with Gasteiger partial charge in [-0.15, -0.1) is 0 Å². The van der Waals surface area contributed by atoms with Crippen molar-refractivity contribution in [2.24, 2.45) is 11.3 Å². The number of aromatic hydroxyl groups is 1. The van der Waals surface area contributed by atoms with Gasteiger partial charge in [0.15, 0.2) is 0 Å². The van der Waals surface area contributed by atoms with Gasteiger partial charge >= 0.3 is 0 Å². The number of hydrogen-bond acceptors (Lipinski definition) is 2. The van der Waals surface area contributed by atoms with Gasteiger partial charge in [-0.1, -0.05) is 32.8 Å². The highest BCUT2D eigenvalue weighted by molar-refractivity contribution is 5.81. The van der Waals surface area contributed by atoms with Crippen molar-refractivity contribution >= 4 is 5.78 Å². The number of carbonyl (C=O) groups is 1. The van der Waals surface area contributed by atoms with Crippen LogP contribution in [0.25, 0.3) is 0 Å². The molecule has 1 fully saturated rings. The smallest absolute Gasteiger partial charge is 0.133 e. The largest absolute Gasteiger partial charge is 0.508 e. The summed E-state index contributed by atoms with van der Waals surface area (Å²) in [6.07, 6.45) is 7.27. The SMILES string of the molecule is CCCCC1CC(=O)CC2c3ccc(O)cc3CCC12C. The zero-order chi connectivity index (χ0) is 15.0. The number of phenols is 1. The normalized spacial score (nSPS) is 31.6. The maximum Gasteiger partial charge on any atom is 0.133 e. The van der Waals surface area contributed by atoms with Crippen molar-refractivity contribution in [3.05, 3.63) is 29.3 Å². The lowest BCUT2D eigenvalue weighted by Crippen LogP contribution is -2.43. The quantitative estimate of drug-likeness (QED) is 0.882. The van der Waals surface area contributed by atoms with Crippen LogP contribution in [-0.2, 0) is 11.2 Å². The van der Waals surface area contributed by atoms with Crippen molar-refractivity contribution in [2.75, 3.05) is 0 Å². The first-order valence-electron chi connectivity index (χ1n) is 8.38. The first-order valence-corrected chi connectivity index (χ1v) is 8.38. The van der Waals surface area contributed by atoms with Gasteiger partial charge in [-0.3, -0.25) is 4.79 Å². The van der Waals surface area contributed by atoms with Crippen LogP contribution in [0.2, 0.25) is 0 Å². The minimum Gasteiger partial charge on any atom is -0.508 e. The van der Waals surface area contributed by atoms with Gasteiger partial charge in [0.2, 0.25) is 0 Å². The summed E-state index contributed by atoms with van der Waals surface area (Å²) in [6, 6.07) is 5.74. The Morgan fingerprint density at radius 2 is 2.14 bits per heavy atom. The molecule has 114 valence electrons. The predicted octanol–water partition coefficient (Wildman–Crippen LogP) is 4.60. The molecule has 0 aromatic heterocycles. The molecule has 0 bridgehead atoms. The Hall–Kier alpha value is -1.31. The molecule has 0 radical (unpaired) electrons. The predicted molar refractivity (Wildman–Crippen MR) is 84.5 cm³/mol. The highest BCUT2D eigenvalue weighted by Crippen LogP contribution is 2.57. The number of hydrogen-bond donors (Lipinski definition) is 1. The van der Waals surface area contributed by atoms with E-state index >= 15 is 0 Å². The Labute approximate surface area is 127 Å². The fourth-order valence-corrected chi connectivity index (χ4v) is 4.62. The van der Waals surface area contributed by atoms with E-state index in [4.69, 9.17) is 0 Å². The summed E-state index contributed by atoms with van der Waals surface area (Å²) in [4.78, 5) is 12.3. The second-order valence-corrected chi connectivity index (χ2v) is 7.23. The van der Waals surface area contributed by atoms with Crippen LogP contribution in [0, 0.1) is 11.3 Å². The molecule has 0 amide bonds. The maximum atomic E-state index is 12.3.